The lowest BCUT2D eigenvalue weighted by Gasteiger charge is -2.05. The van der Waals surface area contributed by atoms with E-state index in [-0.39, 0.29) is 0 Å². The lowest BCUT2D eigenvalue weighted by atomic mass is 10.0. The van der Waals surface area contributed by atoms with Gasteiger partial charge >= 0.3 is 0 Å². The normalized spacial score (nSPS) is 10.0. The fourth-order valence-corrected chi connectivity index (χ4v) is 1.77. The van der Waals surface area contributed by atoms with Crippen LogP contribution in [0.5, 0.6) is 0 Å². The van der Waals surface area contributed by atoms with Crippen molar-refractivity contribution in [3.8, 4) is 0 Å². The Hall–Kier alpha value is -1.89. The minimum Gasteiger partial charge on any atom is -0.264 e. The van der Waals surface area contributed by atoms with Crippen LogP contribution in [0.25, 0.3) is 6.08 Å². The van der Waals surface area contributed by atoms with Gasteiger partial charge in [0.05, 0.1) is 0 Å². The highest BCUT2D eigenvalue weighted by Gasteiger charge is 1.99. The van der Waals surface area contributed by atoms with Crippen LogP contribution in [0.15, 0.2) is 55.4 Å². The second-order valence-electron chi connectivity index (χ2n) is 3.76. The van der Waals surface area contributed by atoms with Gasteiger partial charge in [0.15, 0.2) is 0 Å². The number of rotatable bonds is 4. The van der Waals surface area contributed by atoms with E-state index in [1.807, 2.05) is 30.6 Å². The Balaban J connectivity index is 2.08. The molecule has 0 bridgehead atoms. The molecule has 1 heterocycles. The fourth-order valence-electron chi connectivity index (χ4n) is 1.77. The third-order valence-corrected chi connectivity index (χ3v) is 2.69. The number of nitrogens with zero attached hydrogens (tertiary/aromatic N) is 1. The van der Waals surface area contributed by atoms with Gasteiger partial charge in [0.1, 0.15) is 0 Å². The number of benzene rings is 1. The Morgan fingerprint density at radius 2 is 1.88 bits per heavy atom. The maximum absolute atomic E-state index is 4.16. The van der Waals surface area contributed by atoms with Crippen molar-refractivity contribution in [1.82, 2.24) is 4.98 Å². The van der Waals surface area contributed by atoms with Crippen LogP contribution in [0.2, 0.25) is 0 Å². The summed E-state index contributed by atoms with van der Waals surface area (Å²) < 4.78 is 0. The number of aromatic nitrogens is 1. The fraction of sp³-hybridized carbons (Fsp3) is 0.133. The largest absolute Gasteiger partial charge is 0.264 e. The van der Waals surface area contributed by atoms with Gasteiger partial charge in [0.2, 0.25) is 0 Å². The predicted octanol–water partition coefficient (Wildman–Crippen LogP) is 3.51. The average molecular weight is 209 g/mol. The van der Waals surface area contributed by atoms with Gasteiger partial charge in [-0.3, -0.25) is 4.98 Å². The predicted molar refractivity (Wildman–Crippen MR) is 68.2 cm³/mol. The molecule has 0 amide bonds. The van der Waals surface area contributed by atoms with E-state index in [1.54, 1.807) is 0 Å². The molecule has 0 radical (unpaired) electrons. The SMILES string of the molecule is C=Cc1ccncc1CCc1ccccc1. The van der Waals surface area contributed by atoms with Gasteiger partial charge in [0.25, 0.3) is 0 Å². The first-order valence-electron chi connectivity index (χ1n) is 5.49. The monoisotopic (exact) mass is 209 g/mol. The molecule has 0 atom stereocenters. The van der Waals surface area contributed by atoms with Crippen molar-refractivity contribution in [3.05, 3.63) is 72.1 Å². The molecule has 0 N–H and O–H groups in total. The molecule has 1 heteroatoms. The number of pyridine rings is 1. The third-order valence-electron chi connectivity index (χ3n) is 2.69. The van der Waals surface area contributed by atoms with Gasteiger partial charge in [-0.2, -0.15) is 0 Å². The van der Waals surface area contributed by atoms with E-state index in [4.69, 9.17) is 0 Å². The highest BCUT2D eigenvalue weighted by atomic mass is 14.6. The highest BCUT2D eigenvalue weighted by molar-refractivity contribution is 5.50. The van der Waals surface area contributed by atoms with Crippen molar-refractivity contribution >= 4 is 6.08 Å². The molecule has 0 spiro atoms. The summed E-state index contributed by atoms with van der Waals surface area (Å²) in [6.07, 6.45) is 7.69. The Morgan fingerprint density at radius 1 is 1.06 bits per heavy atom. The van der Waals surface area contributed by atoms with Gasteiger partial charge in [-0.15, -0.1) is 0 Å². The quantitative estimate of drug-likeness (QED) is 0.751. The van der Waals surface area contributed by atoms with E-state index in [2.05, 4.69) is 35.8 Å². The van der Waals surface area contributed by atoms with E-state index < -0.39 is 0 Å². The van der Waals surface area contributed by atoms with Crippen LogP contribution in [0.4, 0.5) is 0 Å². The number of hydrogen-bond donors (Lipinski definition) is 0. The maximum atomic E-state index is 4.16. The summed E-state index contributed by atoms with van der Waals surface area (Å²) in [7, 11) is 0. The molecule has 0 aliphatic rings. The molecule has 1 aromatic heterocycles. The first kappa shape index (κ1) is 10.6. The second-order valence-corrected chi connectivity index (χ2v) is 3.76. The van der Waals surface area contributed by atoms with Crippen LogP contribution in [0, 0.1) is 0 Å². The van der Waals surface area contributed by atoms with Crippen molar-refractivity contribution in [2.24, 2.45) is 0 Å². The topological polar surface area (TPSA) is 12.9 Å². The Bertz CT molecular complexity index is 460. The molecule has 16 heavy (non-hydrogen) atoms. The zero-order valence-corrected chi connectivity index (χ0v) is 9.26. The molecule has 1 aromatic carbocycles. The first-order chi connectivity index (χ1) is 7.90. The number of hydrogen-bond acceptors (Lipinski definition) is 1. The Kier molecular flexibility index (Phi) is 3.50. The highest BCUT2D eigenvalue weighted by Crippen LogP contribution is 2.12. The molecule has 0 unspecified atom stereocenters. The van der Waals surface area contributed by atoms with Gasteiger partial charge in [-0.25, -0.2) is 0 Å². The van der Waals surface area contributed by atoms with E-state index in [0.29, 0.717) is 0 Å². The van der Waals surface area contributed by atoms with Gasteiger partial charge in [-0.05, 0) is 35.6 Å². The summed E-state index contributed by atoms with van der Waals surface area (Å²) in [6, 6.07) is 12.5. The standard InChI is InChI=1S/C15H15N/c1-2-14-10-11-16-12-15(14)9-8-13-6-4-3-5-7-13/h2-7,10-12H,1,8-9H2. The second kappa shape index (κ2) is 5.26. The molecular weight excluding hydrogens is 194 g/mol. The van der Waals surface area contributed by atoms with E-state index >= 15 is 0 Å². The van der Waals surface area contributed by atoms with Crippen molar-refractivity contribution < 1.29 is 0 Å². The zero-order chi connectivity index (χ0) is 11.2. The molecule has 0 aliphatic heterocycles. The molecule has 0 aliphatic carbocycles. The summed E-state index contributed by atoms with van der Waals surface area (Å²) in [6.45, 7) is 3.82. The average Bonchev–Trinajstić information content (AvgIpc) is 2.38. The van der Waals surface area contributed by atoms with Crippen LogP contribution in [-0.2, 0) is 12.8 Å². The lowest BCUT2D eigenvalue weighted by Crippen LogP contribution is -1.94. The first-order valence-corrected chi connectivity index (χ1v) is 5.49. The summed E-state index contributed by atoms with van der Waals surface area (Å²) in [5, 5.41) is 0. The van der Waals surface area contributed by atoms with Crippen LogP contribution in [0.3, 0.4) is 0 Å². The Labute approximate surface area is 96.5 Å². The number of aryl methyl sites for hydroxylation is 2. The minimum atomic E-state index is 1.01. The van der Waals surface area contributed by atoms with Crippen molar-refractivity contribution in [3.63, 3.8) is 0 Å². The lowest BCUT2D eigenvalue weighted by molar-refractivity contribution is 0.947. The van der Waals surface area contributed by atoms with E-state index in [0.717, 1.165) is 12.8 Å². The van der Waals surface area contributed by atoms with Crippen LogP contribution >= 0.6 is 0 Å². The smallest absolute Gasteiger partial charge is 0.0305 e. The van der Waals surface area contributed by atoms with Crippen LogP contribution in [-0.4, -0.2) is 4.98 Å². The van der Waals surface area contributed by atoms with Crippen molar-refractivity contribution in [2.45, 2.75) is 12.8 Å². The summed E-state index contributed by atoms with van der Waals surface area (Å²) in [5.41, 5.74) is 3.81. The summed E-state index contributed by atoms with van der Waals surface area (Å²) in [4.78, 5) is 4.16. The zero-order valence-electron chi connectivity index (χ0n) is 9.26. The van der Waals surface area contributed by atoms with Crippen molar-refractivity contribution in [2.75, 3.05) is 0 Å². The van der Waals surface area contributed by atoms with E-state index in [1.165, 1.54) is 16.7 Å². The van der Waals surface area contributed by atoms with E-state index in [9.17, 15) is 0 Å². The molecule has 2 rings (SSSR count). The molecule has 0 fully saturated rings. The molecule has 1 nitrogen and oxygen atoms in total. The minimum absolute atomic E-state index is 1.01. The molecule has 80 valence electrons. The summed E-state index contributed by atoms with van der Waals surface area (Å²) >= 11 is 0. The Morgan fingerprint density at radius 3 is 2.62 bits per heavy atom. The van der Waals surface area contributed by atoms with Gasteiger partial charge in [0, 0.05) is 12.4 Å². The summed E-state index contributed by atoms with van der Waals surface area (Å²) in [5.74, 6) is 0. The molecular formula is C15H15N. The molecule has 0 saturated carbocycles. The van der Waals surface area contributed by atoms with Gasteiger partial charge in [-0.1, -0.05) is 43.0 Å². The third kappa shape index (κ3) is 2.57. The van der Waals surface area contributed by atoms with Crippen LogP contribution in [0.1, 0.15) is 16.7 Å². The molecule has 0 saturated heterocycles. The van der Waals surface area contributed by atoms with Crippen molar-refractivity contribution in [1.29, 1.82) is 0 Å². The molecule has 2 aromatic rings. The van der Waals surface area contributed by atoms with Gasteiger partial charge < -0.3 is 0 Å². The maximum Gasteiger partial charge on any atom is 0.0305 e. The van der Waals surface area contributed by atoms with Crippen LogP contribution < -0.4 is 0 Å².